The molecule has 0 aliphatic carbocycles. The Balaban J connectivity index is 0.000000201. The van der Waals surface area contributed by atoms with Crippen molar-refractivity contribution >= 4 is 60.2 Å². The first-order valence-corrected chi connectivity index (χ1v) is 22.6. The Morgan fingerprint density at radius 3 is 1.51 bits per heavy atom. The lowest BCUT2D eigenvalue weighted by Crippen LogP contribution is -2.10. The van der Waals surface area contributed by atoms with Crippen LogP contribution in [-0.2, 0) is 0 Å². The van der Waals surface area contributed by atoms with Crippen molar-refractivity contribution in [3.8, 4) is 57.3 Å². The number of fused-ring (bicyclic) bond motifs is 2. The Bertz CT molecular complexity index is 3140. The molecule has 18 heteroatoms. The second-order valence-electron chi connectivity index (χ2n) is 14.8. The molecule has 68 heavy (non-hydrogen) atoms. The first kappa shape index (κ1) is 48.5. The van der Waals surface area contributed by atoms with E-state index in [4.69, 9.17) is 28.4 Å². The molecule has 0 bridgehead atoms. The number of ketones is 3. The van der Waals surface area contributed by atoms with Gasteiger partial charge in [0.25, 0.3) is 0 Å². The summed E-state index contributed by atoms with van der Waals surface area (Å²) in [6.07, 6.45) is -1.03. The molecule has 0 radical (unpaired) electrons. The van der Waals surface area contributed by atoms with Crippen LogP contribution in [0.2, 0.25) is 0 Å². The van der Waals surface area contributed by atoms with Crippen molar-refractivity contribution in [3.05, 3.63) is 130 Å². The first-order chi connectivity index (χ1) is 32.9. The molecular weight excluding hydrogens is 919 g/mol. The smallest absolute Gasteiger partial charge is 0.217 e. The predicted molar refractivity (Wildman–Crippen MR) is 254 cm³/mol. The summed E-state index contributed by atoms with van der Waals surface area (Å²) in [6.45, 7) is 0. The molecule has 350 valence electrons. The van der Waals surface area contributed by atoms with Crippen LogP contribution < -0.4 is 28.4 Å². The normalized spacial score (nSPS) is 11.4. The van der Waals surface area contributed by atoms with Gasteiger partial charge < -0.3 is 33.5 Å². The monoisotopic (exact) mass is 962 g/mol. The van der Waals surface area contributed by atoms with Gasteiger partial charge in [0.05, 0.1) is 63.4 Å². The molecule has 1 N–H and O–H groups in total. The zero-order valence-corrected chi connectivity index (χ0v) is 39.3. The predicted octanol–water partition coefficient (Wildman–Crippen LogP) is 10.6. The average molecular weight is 963 g/mol. The summed E-state index contributed by atoms with van der Waals surface area (Å²) < 4.78 is 60.7. The average Bonchev–Trinajstić information content (AvgIpc) is 4.03. The number of Topliss-reactive ketones (excluding diaryl/α,β-unsaturated/α-hetero) is 3. The van der Waals surface area contributed by atoms with Gasteiger partial charge in [0.2, 0.25) is 17.5 Å². The van der Waals surface area contributed by atoms with E-state index in [2.05, 4.69) is 19.9 Å². The van der Waals surface area contributed by atoms with Crippen molar-refractivity contribution in [2.24, 2.45) is 0 Å². The van der Waals surface area contributed by atoms with Gasteiger partial charge in [-0.25, -0.2) is 18.7 Å². The Kier molecular flexibility index (Phi) is 15.6. The van der Waals surface area contributed by atoms with Crippen LogP contribution in [0.3, 0.4) is 0 Å². The van der Waals surface area contributed by atoms with Gasteiger partial charge in [-0.1, -0.05) is 24.3 Å². The van der Waals surface area contributed by atoms with Crippen LogP contribution in [0.5, 0.6) is 34.8 Å². The van der Waals surface area contributed by atoms with Gasteiger partial charge in [-0.3, -0.25) is 14.4 Å². The molecule has 4 aromatic heterocycles. The summed E-state index contributed by atoms with van der Waals surface area (Å²) in [7, 11) is 8.92. The van der Waals surface area contributed by atoms with Crippen LogP contribution >= 0.6 is 22.7 Å². The molecule has 14 nitrogen and oxygen atoms in total. The number of aliphatic hydroxyl groups excluding tert-OH is 1. The lowest BCUT2D eigenvalue weighted by atomic mass is 10.0. The third-order valence-corrected chi connectivity index (χ3v) is 12.7. The summed E-state index contributed by atoms with van der Waals surface area (Å²) in [5, 5.41) is 15.8. The fourth-order valence-corrected chi connectivity index (χ4v) is 9.05. The number of nitrogens with zero attached hydrogens (tertiary/aromatic N) is 4. The minimum Gasteiger partial charge on any atom is -0.493 e. The van der Waals surface area contributed by atoms with Crippen molar-refractivity contribution in [1.29, 1.82) is 0 Å². The topological polar surface area (TPSA) is 178 Å². The largest absolute Gasteiger partial charge is 0.493 e. The van der Waals surface area contributed by atoms with E-state index < -0.39 is 11.9 Å². The summed E-state index contributed by atoms with van der Waals surface area (Å²) in [5.41, 5.74) is 3.20. The Labute approximate surface area is 397 Å². The summed E-state index contributed by atoms with van der Waals surface area (Å²) in [6, 6.07) is 22.7. The van der Waals surface area contributed by atoms with E-state index >= 15 is 0 Å². The van der Waals surface area contributed by atoms with Gasteiger partial charge in [0.1, 0.15) is 17.7 Å². The molecule has 4 heterocycles. The quantitative estimate of drug-likeness (QED) is 0.0803. The minimum atomic E-state index is -1.10. The number of carbonyl (C=O) groups is 3. The maximum atomic E-state index is 14.1. The SMILES string of the molecule is COc1cc(-c2csc3c(F)cccc23)nc(C(=O)CCC(=O)c2ccc(OC)c(OC)c2)n1.COc1cc(-c2csc3c(F)cccc23)nc(C(O)CCC(=O)c2ccc(OC)c(OC)c2)n1. The molecule has 0 amide bonds. The van der Waals surface area contributed by atoms with Gasteiger partial charge in [0, 0.05) is 75.2 Å². The highest BCUT2D eigenvalue weighted by molar-refractivity contribution is 7.18. The molecule has 1 unspecified atom stereocenters. The number of carbonyl (C=O) groups excluding carboxylic acids is 3. The number of methoxy groups -OCH3 is 6. The van der Waals surface area contributed by atoms with Crippen molar-refractivity contribution < 1.29 is 56.7 Å². The number of ether oxygens (including phenoxy) is 6. The molecule has 1 atom stereocenters. The van der Waals surface area contributed by atoms with E-state index in [0.717, 1.165) is 10.9 Å². The Hall–Kier alpha value is -7.41. The van der Waals surface area contributed by atoms with Crippen molar-refractivity contribution in [1.82, 2.24) is 19.9 Å². The molecule has 8 aromatic rings. The van der Waals surface area contributed by atoms with E-state index in [-0.39, 0.29) is 72.3 Å². The van der Waals surface area contributed by atoms with E-state index in [1.165, 1.54) is 77.5 Å². The third kappa shape index (κ3) is 10.7. The fraction of sp³-hybridized carbons (Fsp3) is 0.220. The van der Waals surface area contributed by atoms with Gasteiger partial charge >= 0.3 is 0 Å². The Morgan fingerprint density at radius 1 is 0.544 bits per heavy atom. The van der Waals surface area contributed by atoms with Crippen LogP contribution in [0.15, 0.2) is 95.7 Å². The van der Waals surface area contributed by atoms with Crippen molar-refractivity contribution in [2.75, 3.05) is 42.7 Å². The van der Waals surface area contributed by atoms with Crippen molar-refractivity contribution in [3.63, 3.8) is 0 Å². The number of thiophene rings is 2. The van der Waals surface area contributed by atoms with E-state index in [9.17, 15) is 28.3 Å². The lowest BCUT2D eigenvalue weighted by molar-refractivity contribution is 0.0911. The van der Waals surface area contributed by atoms with Crippen LogP contribution in [0.4, 0.5) is 8.78 Å². The number of aromatic nitrogens is 4. The zero-order valence-electron chi connectivity index (χ0n) is 37.6. The molecule has 0 aliphatic rings. The minimum absolute atomic E-state index is 0.0309. The third-order valence-electron chi connectivity index (χ3n) is 10.7. The molecule has 4 aromatic carbocycles. The number of rotatable bonds is 18. The zero-order chi connectivity index (χ0) is 48.5. The number of halogens is 2. The molecule has 0 spiro atoms. The van der Waals surface area contributed by atoms with E-state index in [0.29, 0.717) is 65.9 Å². The van der Waals surface area contributed by atoms with E-state index in [1.54, 1.807) is 72.1 Å². The summed E-state index contributed by atoms with van der Waals surface area (Å²) >= 11 is 2.53. The summed E-state index contributed by atoms with van der Waals surface area (Å²) in [4.78, 5) is 55.5. The van der Waals surface area contributed by atoms with Crippen LogP contribution in [-0.4, -0.2) is 85.1 Å². The fourth-order valence-electron chi connectivity index (χ4n) is 7.11. The highest BCUT2D eigenvalue weighted by Gasteiger charge is 2.22. The number of hydrogen-bond donors (Lipinski definition) is 1. The second kappa shape index (κ2) is 21.9. The van der Waals surface area contributed by atoms with Crippen LogP contribution in [0, 0.1) is 11.6 Å². The molecule has 0 saturated heterocycles. The van der Waals surface area contributed by atoms with Gasteiger partial charge in [-0.05, 0) is 55.0 Å². The Morgan fingerprint density at radius 2 is 1.01 bits per heavy atom. The lowest BCUT2D eigenvalue weighted by Gasteiger charge is -2.13. The van der Waals surface area contributed by atoms with Gasteiger partial charge in [0.15, 0.2) is 46.2 Å². The van der Waals surface area contributed by atoms with Crippen LogP contribution in [0.25, 0.3) is 42.7 Å². The standard InChI is InChI=1S/C25H23FN2O5S.C25H21FN2O5S/c2*1-31-21-10-7-14(11-22(21)32-2)19(29)8-9-20(30)25-27-18(12-23(28-25)33-3)16-13-34-24-15(16)5-4-6-17(24)26/h4-7,10-13,20,30H,8-9H2,1-3H3;4-7,10-13H,8-9H2,1-3H3. The molecular formula is C50H44F2N4O10S2. The second-order valence-corrected chi connectivity index (χ2v) is 16.5. The van der Waals surface area contributed by atoms with E-state index in [1.807, 2.05) is 11.4 Å². The molecule has 0 fully saturated rings. The maximum Gasteiger partial charge on any atom is 0.217 e. The highest BCUT2D eigenvalue weighted by atomic mass is 32.1. The highest BCUT2D eigenvalue weighted by Crippen LogP contribution is 2.38. The molecule has 8 rings (SSSR count). The number of aliphatic hydroxyl groups is 1. The van der Waals surface area contributed by atoms with Crippen LogP contribution in [0.1, 0.15) is 68.9 Å². The molecule has 0 saturated carbocycles. The number of hydrogen-bond acceptors (Lipinski definition) is 16. The van der Waals surface area contributed by atoms with Gasteiger partial charge in [-0.2, -0.15) is 9.97 Å². The molecule has 0 aliphatic heterocycles. The van der Waals surface area contributed by atoms with Gasteiger partial charge in [-0.15, -0.1) is 22.7 Å². The maximum absolute atomic E-state index is 14.1. The summed E-state index contributed by atoms with van der Waals surface area (Å²) in [5.74, 6) is 1.04. The number of benzene rings is 4. The first-order valence-electron chi connectivity index (χ1n) is 20.8. The van der Waals surface area contributed by atoms with Crippen molar-refractivity contribution in [2.45, 2.75) is 31.8 Å².